The quantitative estimate of drug-likeness (QED) is 0.602. The van der Waals surface area contributed by atoms with E-state index in [1.165, 1.54) is 12.0 Å². The number of nitrogens with one attached hydrogen (secondary N) is 1. The molecule has 1 aliphatic rings. The van der Waals surface area contributed by atoms with Crippen LogP contribution in [0.3, 0.4) is 0 Å². The van der Waals surface area contributed by atoms with Gasteiger partial charge >= 0.3 is 6.09 Å². The highest BCUT2D eigenvalue weighted by Crippen LogP contribution is 2.31. The van der Waals surface area contributed by atoms with Gasteiger partial charge in [0.15, 0.2) is 5.78 Å². The Hall–Kier alpha value is -3.10. The second kappa shape index (κ2) is 9.64. The number of hydrogen-bond donors (Lipinski definition) is 1. The van der Waals surface area contributed by atoms with Crippen molar-refractivity contribution in [3.8, 4) is 5.75 Å². The Balaban J connectivity index is 1.91. The molecule has 182 valence electrons. The van der Waals surface area contributed by atoms with Crippen LogP contribution in [-0.2, 0) is 14.3 Å². The number of ether oxygens (including phenoxy) is 3. The zero-order chi connectivity index (χ0) is 25.3. The molecule has 8 nitrogen and oxygen atoms in total. The van der Waals surface area contributed by atoms with Crippen molar-refractivity contribution < 1.29 is 28.6 Å². The molecule has 1 N–H and O–H groups in total. The second-order valence-corrected chi connectivity index (χ2v) is 9.80. The average Bonchev–Trinajstić information content (AvgIpc) is 3.08. The summed E-state index contributed by atoms with van der Waals surface area (Å²) in [5.41, 5.74) is -0.887. The molecule has 1 fully saturated rings. The summed E-state index contributed by atoms with van der Waals surface area (Å²) in [5.74, 6) is -0.374. The van der Waals surface area contributed by atoms with E-state index in [4.69, 9.17) is 25.8 Å². The van der Waals surface area contributed by atoms with E-state index in [1.807, 2.05) is 0 Å². The summed E-state index contributed by atoms with van der Waals surface area (Å²) in [6.45, 7) is 8.59. The molecule has 0 aliphatic carbocycles. The molecule has 0 unspecified atom stereocenters. The number of rotatable bonds is 5. The molecule has 1 heterocycles. The molecule has 0 radical (unpaired) electrons. The van der Waals surface area contributed by atoms with Crippen molar-refractivity contribution in [2.24, 2.45) is 0 Å². The van der Waals surface area contributed by atoms with E-state index in [-0.39, 0.29) is 23.6 Å². The maximum atomic E-state index is 13.3. The molecule has 3 rings (SSSR count). The first-order valence-electron chi connectivity index (χ1n) is 10.8. The minimum atomic E-state index is -1.05. The summed E-state index contributed by atoms with van der Waals surface area (Å²) in [4.78, 5) is 40.7. The third-order valence-corrected chi connectivity index (χ3v) is 5.47. The molecule has 1 aliphatic heterocycles. The van der Waals surface area contributed by atoms with Crippen LogP contribution in [0.1, 0.15) is 50.5 Å². The van der Waals surface area contributed by atoms with Crippen LogP contribution in [0.5, 0.6) is 5.75 Å². The summed E-state index contributed by atoms with van der Waals surface area (Å²) < 4.78 is 16.5. The van der Waals surface area contributed by atoms with Crippen LogP contribution in [0.4, 0.5) is 10.5 Å². The standard InChI is InChI=1S/C25H29ClN2O6/c1-24(2,3)34-23(31)28-20(14-33-25(28,4)5)22(30)27-19-12-11-17(32-6)13-18(19)21(29)15-7-9-16(26)10-8-15/h7-13,20H,14H2,1-6H3,(H,27,30)/t20-/m0/s1. The molecule has 0 saturated carbocycles. The van der Waals surface area contributed by atoms with Gasteiger partial charge in [-0.2, -0.15) is 0 Å². The first-order chi connectivity index (χ1) is 15.8. The van der Waals surface area contributed by atoms with Crippen molar-refractivity contribution in [3.05, 3.63) is 58.6 Å². The van der Waals surface area contributed by atoms with Gasteiger partial charge in [0, 0.05) is 16.1 Å². The van der Waals surface area contributed by atoms with Gasteiger partial charge in [0.05, 0.1) is 19.4 Å². The number of amides is 2. The van der Waals surface area contributed by atoms with Gasteiger partial charge in [0.25, 0.3) is 0 Å². The smallest absolute Gasteiger partial charge is 0.413 e. The minimum absolute atomic E-state index is 0.0192. The zero-order valence-electron chi connectivity index (χ0n) is 20.1. The van der Waals surface area contributed by atoms with Crippen LogP contribution in [0, 0.1) is 0 Å². The van der Waals surface area contributed by atoms with Gasteiger partial charge in [0.1, 0.15) is 23.1 Å². The Kier molecular flexibility index (Phi) is 7.24. The molecule has 2 aromatic carbocycles. The maximum absolute atomic E-state index is 13.3. The van der Waals surface area contributed by atoms with Crippen molar-refractivity contribution >= 4 is 35.1 Å². The molecule has 0 aromatic heterocycles. The molecule has 9 heteroatoms. The van der Waals surface area contributed by atoms with Crippen LogP contribution in [0.15, 0.2) is 42.5 Å². The summed E-state index contributed by atoms with van der Waals surface area (Å²) in [6.07, 6.45) is -0.664. The average molecular weight is 489 g/mol. The fourth-order valence-corrected chi connectivity index (χ4v) is 3.70. The Labute approximate surface area is 204 Å². The molecule has 34 heavy (non-hydrogen) atoms. The van der Waals surface area contributed by atoms with E-state index < -0.39 is 29.4 Å². The molecule has 2 amide bonds. The zero-order valence-corrected chi connectivity index (χ0v) is 20.9. The first-order valence-corrected chi connectivity index (χ1v) is 11.2. The number of carbonyl (C=O) groups excluding carboxylic acids is 3. The van der Waals surface area contributed by atoms with Crippen molar-refractivity contribution in [1.29, 1.82) is 0 Å². The van der Waals surface area contributed by atoms with Gasteiger partial charge in [-0.25, -0.2) is 4.79 Å². The molecular weight excluding hydrogens is 460 g/mol. The van der Waals surface area contributed by atoms with Gasteiger partial charge in [-0.15, -0.1) is 0 Å². The highest BCUT2D eigenvalue weighted by atomic mass is 35.5. The summed E-state index contributed by atoms with van der Waals surface area (Å²) in [7, 11) is 1.49. The molecule has 2 aromatic rings. The maximum Gasteiger partial charge on any atom is 0.413 e. The Bertz CT molecular complexity index is 1090. The highest BCUT2D eigenvalue weighted by Gasteiger charge is 2.49. The first kappa shape index (κ1) is 25.5. The SMILES string of the molecule is COc1ccc(NC(=O)[C@@H]2COC(C)(C)N2C(=O)OC(C)(C)C)c(C(=O)c2ccc(Cl)cc2)c1. The number of carbonyl (C=O) groups is 3. The lowest BCUT2D eigenvalue weighted by atomic mass is 10.0. The third-order valence-electron chi connectivity index (χ3n) is 5.21. The Morgan fingerprint density at radius 1 is 1.12 bits per heavy atom. The van der Waals surface area contributed by atoms with E-state index in [1.54, 1.807) is 77.1 Å². The fourth-order valence-electron chi connectivity index (χ4n) is 3.57. The number of methoxy groups -OCH3 is 1. The predicted molar refractivity (Wildman–Crippen MR) is 128 cm³/mol. The van der Waals surface area contributed by atoms with E-state index in [0.717, 1.165) is 0 Å². The number of ketones is 1. The van der Waals surface area contributed by atoms with Crippen molar-refractivity contribution in [1.82, 2.24) is 4.90 Å². The Morgan fingerprint density at radius 2 is 1.76 bits per heavy atom. The summed E-state index contributed by atoms with van der Waals surface area (Å²) in [6, 6.07) is 10.3. The van der Waals surface area contributed by atoms with Gasteiger partial charge in [-0.1, -0.05) is 11.6 Å². The monoisotopic (exact) mass is 488 g/mol. The van der Waals surface area contributed by atoms with E-state index in [9.17, 15) is 14.4 Å². The normalized spacial score (nSPS) is 17.3. The van der Waals surface area contributed by atoms with Crippen LogP contribution in [0.2, 0.25) is 5.02 Å². The van der Waals surface area contributed by atoms with E-state index in [0.29, 0.717) is 16.3 Å². The van der Waals surface area contributed by atoms with Crippen molar-refractivity contribution in [3.63, 3.8) is 0 Å². The minimum Gasteiger partial charge on any atom is -0.497 e. The number of anilines is 1. The van der Waals surface area contributed by atoms with Crippen LogP contribution >= 0.6 is 11.6 Å². The second-order valence-electron chi connectivity index (χ2n) is 9.36. The lowest BCUT2D eigenvalue weighted by Crippen LogP contribution is -2.53. The number of hydrogen-bond acceptors (Lipinski definition) is 6. The van der Waals surface area contributed by atoms with E-state index >= 15 is 0 Å². The number of nitrogens with zero attached hydrogens (tertiary/aromatic N) is 1. The largest absolute Gasteiger partial charge is 0.497 e. The summed E-state index contributed by atoms with van der Waals surface area (Å²) in [5, 5.41) is 3.28. The van der Waals surface area contributed by atoms with Crippen LogP contribution in [-0.4, -0.2) is 53.8 Å². The molecule has 0 spiro atoms. The molecule has 1 saturated heterocycles. The third kappa shape index (κ3) is 5.69. The fraction of sp³-hybridized carbons (Fsp3) is 0.400. The number of benzene rings is 2. The van der Waals surface area contributed by atoms with Gasteiger partial charge in [-0.3, -0.25) is 14.5 Å². The molecule has 0 bridgehead atoms. The van der Waals surface area contributed by atoms with Crippen molar-refractivity contribution in [2.75, 3.05) is 19.0 Å². The predicted octanol–water partition coefficient (Wildman–Crippen LogP) is 4.89. The highest BCUT2D eigenvalue weighted by molar-refractivity contribution is 6.30. The van der Waals surface area contributed by atoms with Gasteiger partial charge in [-0.05, 0) is 77.1 Å². The van der Waals surface area contributed by atoms with E-state index in [2.05, 4.69) is 5.32 Å². The molecule has 1 atom stereocenters. The van der Waals surface area contributed by atoms with Crippen LogP contribution in [0.25, 0.3) is 0 Å². The molecular formula is C25H29ClN2O6. The number of halogens is 1. The summed E-state index contributed by atoms with van der Waals surface area (Å²) >= 11 is 5.94. The Morgan fingerprint density at radius 3 is 2.35 bits per heavy atom. The lowest BCUT2D eigenvalue weighted by molar-refractivity contribution is -0.121. The topological polar surface area (TPSA) is 94.2 Å². The van der Waals surface area contributed by atoms with Gasteiger partial charge < -0.3 is 19.5 Å². The van der Waals surface area contributed by atoms with Gasteiger partial charge in [0.2, 0.25) is 5.91 Å². The van der Waals surface area contributed by atoms with Crippen molar-refractivity contribution in [2.45, 2.75) is 52.0 Å². The van der Waals surface area contributed by atoms with Crippen LogP contribution < -0.4 is 10.1 Å². The lowest BCUT2D eigenvalue weighted by Gasteiger charge is -2.34.